The van der Waals surface area contributed by atoms with Crippen molar-refractivity contribution in [3.63, 3.8) is 0 Å². The van der Waals surface area contributed by atoms with E-state index in [4.69, 9.17) is 11.5 Å². The summed E-state index contributed by atoms with van der Waals surface area (Å²) in [6, 6.07) is 0. The predicted octanol–water partition coefficient (Wildman–Crippen LogP) is -1.65. The summed E-state index contributed by atoms with van der Waals surface area (Å²) >= 11 is -5.97. The predicted molar refractivity (Wildman–Crippen MR) is 71.3 cm³/mol. The molecule has 0 spiro atoms. The van der Waals surface area contributed by atoms with Gasteiger partial charge in [-0.15, -0.1) is 13.2 Å². The fourth-order valence-corrected chi connectivity index (χ4v) is 2.63. The summed E-state index contributed by atoms with van der Waals surface area (Å²) < 4.78 is 40.3. The molecule has 2 amide bonds. The van der Waals surface area contributed by atoms with Crippen molar-refractivity contribution in [2.24, 2.45) is 11.5 Å². The van der Waals surface area contributed by atoms with E-state index < -0.39 is 56.3 Å². The van der Waals surface area contributed by atoms with Crippen LogP contribution in [0.3, 0.4) is 0 Å². The topological polar surface area (TPSA) is 166 Å². The highest BCUT2D eigenvalue weighted by Crippen LogP contribution is 2.29. The zero-order valence-corrected chi connectivity index (χ0v) is 12.0. The first-order valence-corrected chi connectivity index (χ1v) is 7.31. The molecule has 0 aromatic rings. The maximum atomic E-state index is 11.3. The molecule has 114 valence electrons. The number of primary amides is 2. The van der Waals surface area contributed by atoms with Crippen LogP contribution in [0.2, 0.25) is 0 Å². The molecule has 4 atom stereocenters. The molecule has 0 aliphatic heterocycles. The highest BCUT2D eigenvalue weighted by atomic mass is 32.2. The van der Waals surface area contributed by atoms with Crippen LogP contribution < -0.4 is 11.5 Å². The summed E-state index contributed by atoms with van der Waals surface area (Å²) in [7, 11) is 0. The highest BCUT2D eigenvalue weighted by molar-refractivity contribution is 7.82. The van der Waals surface area contributed by atoms with E-state index in [1.165, 1.54) is 0 Å². The Morgan fingerprint density at radius 1 is 0.950 bits per heavy atom. The van der Waals surface area contributed by atoms with Crippen molar-refractivity contribution in [3.8, 4) is 0 Å². The number of nitrogens with two attached hydrogens (primary N) is 2. The van der Waals surface area contributed by atoms with Gasteiger partial charge in [0.25, 0.3) is 0 Å². The molecule has 4 N–H and O–H groups in total. The van der Waals surface area contributed by atoms with E-state index in [0.29, 0.717) is 0 Å². The van der Waals surface area contributed by atoms with Gasteiger partial charge in [0.15, 0.2) is 0 Å². The van der Waals surface area contributed by atoms with E-state index in [0.717, 1.165) is 12.2 Å². The molecule has 0 aromatic carbocycles. The van der Waals surface area contributed by atoms with Crippen LogP contribution in [0.15, 0.2) is 25.3 Å². The van der Waals surface area contributed by atoms with Gasteiger partial charge in [0, 0.05) is 0 Å². The SMILES string of the molecule is C=CC(CCC(C=C)(C(N)=O)S(=O)[O-])(C(N)=O)S(=O)[O-]. The summed E-state index contributed by atoms with van der Waals surface area (Å²) in [5.74, 6) is -2.47. The van der Waals surface area contributed by atoms with Crippen LogP contribution >= 0.6 is 0 Å². The lowest BCUT2D eigenvalue weighted by molar-refractivity contribution is -0.121. The molecule has 0 fully saturated rings. The highest BCUT2D eigenvalue weighted by Gasteiger charge is 2.41. The zero-order chi connectivity index (χ0) is 16.1. The number of rotatable bonds is 9. The lowest BCUT2D eigenvalue weighted by Crippen LogP contribution is -2.51. The number of hydrogen-bond acceptors (Lipinski definition) is 6. The average Bonchev–Trinajstić information content (AvgIpc) is 2.33. The fraction of sp³-hybridized carbons (Fsp3) is 0.400. The molecule has 0 rings (SSSR count). The largest absolute Gasteiger partial charge is 0.771 e. The molecule has 0 aromatic heterocycles. The molecule has 0 heterocycles. The fourth-order valence-electron chi connectivity index (χ4n) is 1.49. The Labute approximate surface area is 120 Å². The van der Waals surface area contributed by atoms with Crippen LogP contribution in [0.1, 0.15) is 12.8 Å². The molecule has 4 unspecified atom stereocenters. The summed E-state index contributed by atoms with van der Waals surface area (Å²) in [4.78, 5) is 22.6. The van der Waals surface area contributed by atoms with Gasteiger partial charge in [-0.2, -0.15) is 0 Å². The maximum absolute atomic E-state index is 11.3. The summed E-state index contributed by atoms with van der Waals surface area (Å²) in [6.07, 6.45) is 0.401. The van der Waals surface area contributed by atoms with Gasteiger partial charge in [-0.1, -0.05) is 12.2 Å². The molecule has 20 heavy (non-hydrogen) atoms. The molecule has 10 heteroatoms. The van der Waals surface area contributed by atoms with Crippen LogP contribution in [-0.2, 0) is 31.7 Å². The second-order valence-electron chi connectivity index (χ2n) is 3.89. The molecular formula is C10H14N2O6S2-2. The third-order valence-corrected chi connectivity index (χ3v) is 5.29. The molecule has 0 bridgehead atoms. The first-order chi connectivity index (χ1) is 9.10. The molecular weight excluding hydrogens is 308 g/mol. The zero-order valence-electron chi connectivity index (χ0n) is 10.4. The normalized spacial score (nSPS) is 19.9. The van der Waals surface area contributed by atoms with Gasteiger partial charge in [-0.25, -0.2) is 0 Å². The minimum atomic E-state index is -2.99. The number of hydrogen-bond donors (Lipinski definition) is 2. The minimum Gasteiger partial charge on any atom is -0.771 e. The number of carbonyl (C=O) groups is 2. The summed E-state index contributed by atoms with van der Waals surface area (Å²) in [5.41, 5.74) is 10.0. The van der Waals surface area contributed by atoms with E-state index in [1.54, 1.807) is 0 Å². The van der Waals surface area contributed by atoms with Crippen LogP contribution in [0.4, 0.5) is 0 Å². The Bertz CT molecular complexity index is 418. The molecule has 0 radical (unpaired) electrons. The van der Waals surface area contributed by atoms with Crippen molar-refractivity contribution >= 4 is 34.0 Å². The van der Waals surface area contributed by atoms with Crippen molar-refractivity contribution in [2.75, 3.05) is 0 Å². The maximum Gasteiger partial charge on any atom is 0.239 e. The second-order valence-corrected chi connectivity index (χ2v) is 6.28. The molecule has 0 saturated heterocycles. The Hall–Kier alpha value is -1.36. The van der Waals surface area contributed by atoms with Gasteiger partial charge in [-0.3, -0.25) is 18.0 Å². The lowest BCUT2D eigenvalue weighted by Gasteiger charge is -2.35. The first kappa shape index (κ1) is 18.6. The van der Waals surface area contributed by atoms with Crippen molar-refractivity contribution in [2.45, 2.75) is 22.3 Å². The van der Waals surface area contributed by atoms with Gasteiger partial charge in [0.05, 0.1) is 0 Å². The van der Waals surface area contributed by atoms with Crippen molar-refractivity contribution in [3.05, 3.63) is 25.3 Å². The second kappa shape index (κ2) is 6.88. The number of carbonyl (C=O) groups excluding carboxylic acids is 2. The van der Waals surface area contributed by atoms with Crippen LogP contribution in [0.5, 0.6) is 0 Å². The molecule has 0 saturated carbocycles. The van der Waals surface area contributed by atoms with Crippen molar-refractivity contribution in [1.29, 1.82) is 0 Å². The van der Waals surface area contributed by atoms with E-state index in [1.807, 2.05) is 0 Å². The van der Waals surface area contributed by atoms with Crippen molar-refractivity contribution in [1.82, 2.24) is 0 Å². The lowest BCUT2D eigenvalue weighted by atomic mass is 9.93. The van der Waals surface area contributed by atoms with Gasteiger partial charge in [0.2, 0.25) is 11.8 Å². The Morgan fingerprint density at radius 3 is 1.30 bits per heavy atom. The standard InChI is InChI=1S/C10H16N2O6S2/c1-3-9(7(11)13,19(15)16)5-6-10(4-2,8(12)14)20(17)18/h3-4H,1-2,5-6H2,(H2,11,13)(H2,12,14)(H,15,16)(H,17,18)/p-2. The Morgan fingerprint density at radius 2 is 1.20 bits per heavy atom. The van der Waals surface area contributed by atoms with Gasteiger partial charge in [0.1, 0.15) is 9.49 Å². The van der Waals surface area contributed by atoms with Gasteiger partial charge >= 0.3 is 0 Å². The van der Waals surface area contributed by atoms with Crippen LogP contribution in [0, 0.1) is 0 Å². The van der Waals surface area contributed by atoms with Crippen LogP contribution in [-0.4, -0.2) is 38.8 Å². The Balaban J connectivity index is 5.60. The van der Waals surface area contributed by atoms with Crippen molar-refractivity contribution < 1.29 is 27.1 Å². The van der Waals surface area contributed by atoms with Gasteiger partial charge < -0.3 is 20.6 Å². The first-order valence-electron chi connectivity index (χ1n) is 5.16. The van der Waals surface area contributed by atoms with E-state index in [9.17, 15) is 27.1 Å². The quantitative estimate of drug-likeness (QED) is 0.380. The third-order valence-electron chi connectivity index (χ3n) is 2.96. The minimum absolute atomic E-state index is 0.578. The number of amides is 2. The van der Waals surface area contributed by atoms with E-state index >= 15 is 0 Å². The third kappa shape index (κ3) is 3.20. The van der Waals surface area contributed by atoms with Gasteiger partial charge in [-0.05, 0) is 35.0 Å². The smallest absolute Gasteiger partial charge is 0.239 e. The Kier molecular flexibility index (Phi) is 6.41. The summed E-state index contributed by atoms with van der Waals surface area (Å²) in [6.45, 7) is 6.40. The van der Waals surface area contributed by atoms with E-state index in [2.05, 4.69) is 13.2 Å². The molecule has 8 nitrogen and oxygen atoms in total. The molecule has 0 aliphatic carbocycles. The average molecular weight is 322 g/mol. The van der Waals surface area contributed by atoms with Crippen LogP contribution in [0.25, 0.3) is 0 Å². The summed E-state index contributed by atoms with van der Waals surface area (Å²) in [5, 5.41) is 0. The monoisotopic (exact) mass is 322 g/mol. The molecule has 0 aliphatic rings. The van der Waals surface area contributed by atoms with E-state index in [-0.39, 0.29) is 0 Å².